The molecule has 0 amide bonds. The normalized spacial score (nSPS) is 18.2. The van der Waals surface area contributed by atoms with Crippen molar-refractivity contribution in [3.05, 3.63) is 57.5 Å². The van der Waals surface area contributed by atoms with Gasteiger partial charge in [-0.05, 0) is 65.5 Å². The highest BCUT2D eigenvalue weighted by molar-refractivity contribution is 5.86. The van der Waals surface area contributed by atoms with Gasteiger partial charge in [-0.2, -0.15) is 0 Å². The molecular weight excluding hydrogens is 368 g/mol. The minimum Gasteiger partial charge on any atom is -0.508 e. The van der Waals surface area contributed by atoms with Crippen LogP contribution in [-0.4, -0.2) is 21.9 Å². The minimum atomic E-state index is -1.08. The van der Waals surface area contributed by atoms with Gasteiger partial charge in [-0.1, -0.05) is 23.3 Å². The van der Waals surface area contributed by atoms with E-state index in [0.717, 1.165) is 19.3 Å². The Kier molecular flexibility index (Phi) is 6.18. The lowest BCUT2D eigenvalue weighted by atomic mass is 9.90. The third kappa shape index (κ3) is 4.91. The first-order chi connectivity index (χ1) is 13.7. The summed E-state index contributed by atoms with van der Waals surface area (Å²) in [4.78, 5) is 12.3. The highest BCUT2D eigenvalue weighted by Crippen LogP contribution is 2.39. The highest BCUT2D eigenvalue weighted by atomic mass is 16.5. The summed E-state index contributed by atoms with van der Waals surface area (Å²) in [7, 11) is 0. The number of hydrogen-bond donors (Lipinski definition) is 2. The Morgan fingerprint density at radius 1 is 1.24 bits per heavy atom. The highest BCUT2D eigenvalue weighted by Gasteiger charge is 2.40. The summed E-state index contributed by atoms with van der Waals surface area (Å²) in [5, 5.41) is 21.3. The molecule has 1 aliphatic heterocycles. The van der Waals surface area contributed by atoms with E-state index in [2.05, 4.69) is 32.9 Å². The van der Waals surface area contributed by atoms with Crippen LogP contribution < -0.4 is 10.4 Å². The summed E-state index contributed by atoms with van der Waals surface area (Å²) in [6.07, 6.45) is 7.51. The maximum Gasteiger partial charge on any atom is 0.343 e. The van der Waals surface area contributed by atoms with Gasteiger partial charge in [-0.15, -0.1) is 0 Å². The van der Waals surface area contributed by atoms with Crippen molar-refractivity contribution in [2.24, 2.45) is 0 Å². The van der Waals surface area contributed by atoms with Crippen molar-refractivity contribution < 1.29 is 19.4 Å². The molecule has 0 radical (unpaired) electrons. The maximum atomic E-state index is 12.3. The van der Waals surface area contributed by atoms with E-state index in [-0.39, 0.29) is 11.3 Å². The minimum absolute atomic E-state index is 0.0221. The molecule has 2 N–H and O–H groups in total. The van der Waals surface area contributed by atoms with Gasteiger partial charge in [0, 0.05) is 12.5 Å². The molecule has 156 valence electrons. The van der Waals surface area contributed by atoms with Crippen LogP contribution in [0.5, 0.6) is 11.5 Å². The van der Waals surface area contributed by atoms with E-state index in [1.165, 1.54) is 23.3 Å². The third-order valence-corrected chi connectivity index (χ3v) is 5.51. The van der Waals surface area contributed by atoms with Crippen LogP contribution in [0.25, 0.3) is 11.0 Å². The lowest BCUT2D eigenvalue weighted by Gasteiger charge is -2.29. The molecule has 5 nitrogen and oxygen atoms in total. The molecular formula is C24H30O5. The molecule has 29 heavy (non-hydrogen) atoms. The fourth-order valence-electron chi connectivity index (χ4n) is 3.69. The predicted octanol–water partition coefficient (Wildman–Crippen LogP) is 5.03. The number of allylic oxidation sites excluding steroid dienone is 4. The summed E-state index contributed by atoms with van der Waals surface area (Å²) in [5.41, 5.74) is 1.80. The molecule has 2 aromatic rings. The van der Waals surface area contributed by atoms with Gasteiger partial charge in [0.05, 0.1) is 16.6 Å². The zero-order valence-corrected chi connectivity index (χ0v) is 17.6. The SMILES string of the molecule is CC(C)=CCCC(C)=CCCC(C)(O)C1Cc2c(c3ccc(O)cc3oc2=O)O1. The molecule has 0 spiro atoms. The second kappa shape index (κ2) is 8.46. The van der Waals surface area contributed by atoms with Crippen LogP contribution in [-0.2, 0) is 6.42 Å². The lowest BCUT2D eigenvalue weighted by Crippen LogP contribution is -2.42. The molecule has 3 rings (SSSR count). The number of phenols is 1. The second-order valence-corrected chi connectivity index (χ2v) is 8.45. The average molecular weight is 398 g/mol. The van der Waals surface area contributed by atoms with Crippen molar-refractivity contribution in [2.75, 3.05) is 0 Å². The fraction of sp³-hybridized carbons (Fsp3) is 0.458. The third-order valence-electron chi connectivity index (χ3n) is 5.51. The van der Waals surface area contributed by atoms with E-state index in [4.69, 9.17) is 9.15 Å². The van der Waals surface area contributed by atoms with Crippen molar-refractivity contribution in [1.29, 1.82) is 0 Å². The van der Waals surface area contributed by atoms with E-state index in [1.807, 2.05) is 0 Å². The van der Waals surface area contributed by atoms with Crippen LogP contribution >= 0.6 is 0 Å². The molecule has 1 aromatic heterocycles. The first kappa shape index (κ1) is 21.2. The predicted molar refractivity (Wildman–Crippen MR) is 115 cm³/mol. The number of benzene rings is 1. The molecule has 0 bridgehead atoms. The van der Waals surface area contributed by atoms with Crippen molar-refractivity contribution in [3.8, 4) is 11.5 Å². The van der Waals surface area contributed by atoms with Gasteiger partial charge < -0.3 is 19.4 Å². The smallest absolute Gasteiger partial charge is 0.343 e. The average Bonchev–Trinajstić information content (AvgIpc) is 3.08. The van der Waals surface area contributed by atoms with Gasteiger partial charge in [0.2, 0.25) is 0 Å². The van der Waals surface area contributed by atoms with Crippen molar-refractivity contribution in [2.45, 2.75) is 71.5 Å². The molecule has 1 aliphatic rings. The number of ether oxygens (including phenoxy) is 1. The molecule has 0 fully saturated rings. The fourth-order valence-corrected chi connectivity index (χ4v) is 3.69. The number of fused-ring (bicyclic) bond motifs is 3. The Balaban J connectivity index is 1.69. The standard InChI is InChI=1S/C24H30O5/c1-15(2)7-5-8-16(3)9-6-12-24(4,27)21-14-19-22(29-21)18-11-10-17(25)13-20(18)28-23(19)26/h7,9-11,13,21,25,27H,5-6,8,12,14H2,1-4H3. The van der Waals surface area contributed by atoms with Gasteiger partial charge in [0.1, 0.15) is 23.2 Å². The zero-order chi connectivity index (χ0) is 21.2. The molecule has 5 heteroatoms. The molecule has 1 aromatic carbocycles. The van der Waals surface area contributed by atoms with Crippen LogP contribution in [0.4, 0.5) is 0 Å². The van der Waals surface area contributed by atoms with E-state index < -0.39 is 17.3 Å². The summed E-state index contributed by atoms with van der Waals surface area (Å²) in [6, 6.07) is 4.59. The summed E-state index contributed by atoms with van der Waals surface area (Å²) < 4.78 is 11.4. The van der Waals surface area contributed by atoms with Crippen LogP contribution in [0.1, 0.15) is 58.9 Å². The quantitative estimate of drug-likeness (QED) is 0.505. The van der Waals surface area contributed by atoms with E-state index >= 15 is 0 Å². The summed E-state index contributed by atoms with van der Waals surface area (Å²) in [5.74, 6) is 0.476. The van der Waals surface area contributed by atoms with E-state index in [9.17, 15) is 15.0 Å². The van der Waals surface area contributed by atoms with E-state index in [0.29, 0.717) is 29.5 Å². The first-order valence-electron chi connectivity index (χ1n) is 10.1. The Morgan fingerprint density at radius 2 is 2.00 bits per heavy atom. The largest absolute Gasteiger partial charge is 0.508 e. The van der Waals surface area contributed by atoms with Gasteiger partial charge >= 0.3 is 5.63 Å². The zero-order valence-electron chi connectivity index (χ0n) is 17.6. The first-order valence-corrected chi connectivity index (χ1v) is 10.1. The van der Waals surface area contributed by atoms with Crippen molar-refractivity contribution in [3.63, 3.8) is 0 Å². The molecule has 0 saturated carbocycles. The van der Waals surface area contributed by atoms with Crippen LogP contribution in [0, 0.1) is 0 Å². The van der Waals surface area contributed by atoms with Gasteiger partial charge in [-0.25, -0.2) is 4.79 Å². The maximum absolute atomic E-state index is 12.3. The number of aliphatic hydroxyl groups is 1. The molecule has 0 aliphatic carbocycles. The molecule has 0 saturated heterocycles. The van der Waals surface area contributed by atoms with Gasteiger partial charge in [0.25, 0.3) is 0 Å². The monoisotopic (exact) mass is 398 g/mol. The van der Waals surface area contributed by atoms with Crippen LogP contribution in [0.15, 0.2) is 50.7 Å². The summed E-state index contributed by atoms with van der Waals surface area (Å²) >= 11 is 0. The lowest BCUT2D eigenvalue weighted by molar-refractivity contribution is -0.0429. The van der Waals surface area contributed by atoms with Crippen LogP contribution in [0.2, 0.25) is 0 Å². The number of rotatable bonds is 7. The molecule has 2 heterocycles. The van der Waals surface area contributed by atoms with Crippen molar-refractivity contribution >= 4 is 11.0 Å². The molecule has 2 unspecified atom stereocenters. The van der Waals surface area contributed by atoms with E-state index in [1.54, 1.807) is 13.0 Å². The van der Waals surface area contributed by atoms with Gasteiger partial charge in [0.15, 0.2) is 0 Å². The Hall–Kier alpha value is -2.53. The summed E-state index contributed by atoms with van der Waals surface area (Å²) in [6.45, 7) is 8.07. The second-order valence-electron chi connectivity index (χ2n) is 8.45. The molecule has 2 atom stereocenters. The number of aromatic hydroxyl groups is 1. The van der Waals surface area contributed by atoms with Gasteiger partial charge in [-0.3, -0.25) is 0 Å². The topological polar surface area (TPSA) is 79.9 Å². The Bertz CT molecular complexity index is 1010. The van der Waals surface area contributed by atoms with Crippen LogP contribution in [0.3, 0.4) is 0 Å². The number of phenolic OH excluding ortho intramolecular Hbond substituents is 1. The Labute approximate surface area is 171 Å². The Morgan fingerprint density at radius 3 is 2.72 bits per heavy atom. The number of hydrogen-bond acceptors (Lipinski definition) is 5. The van der Waals surface area contributed by atoms with Crippen molar-refractivity contribution in [1.82, 2.24) is 0 Å².